The predicted octanol–water partition coefficient (Wildman–Crippen LogP) is 4.42. The Morgan fingerprint density at radius 1 is 1.18 bits per heavy atom. The summed E-state index contributed by atoms with van der Waals surface area (Å²) in [6.45, 7) is 6.52. The molecule has 1 aromatic carbocycles. The minimum atomic E-state index is -0.455. The first-order chi connectivity index (χ1) is 15.8. The third kappa shape index (κ3) is 4.93. The Morgan fingerprint density at radius 2 is 1.94 bits per heavy atom. The van der Waals surface area contributed by atoms with Crippen LogP contribution in [-0.4, -0.2) is 57.9 Å². The highest BCUT2D eigenvalue weighted by atomic mass is 35.5. The van der Waals surface area contributed by atoms with E-state index in [0.29, 0.717) is 43.0 Å². The molecule has 0 atom stereocenters. The van der Waals surface area contributed by atoms with Crippen LogP contribution in [0.2, 0.25) is 5.15 Å². The zero-order valence-electron chi connectivity index (χ0n) is 18.4. The molecule has 1 aliphatic rings. The minimum Gasteiger partial charge on any atom is -0.380 e. The van der Waals surface area contributed by atoms with E-state index in [9.17, 15) is 14.9 Å². The lowest BCUT2D eigenvalue weighted by molar-refractivity contribution is -0.384. The molecule has 0 saturated carbocycles. The average molecular weight is 469 g/mol. The van der Waals surface area contributed by atoms with E-state index in [-0.39, 0.29) is 22.8 Å². The summed E-state index contributed by atoms with van der Waals surface area (Å²) in [7, 11) is 0. The Bertz CT molecular complexity index is 1170. The van der Waals surface area contributed by atoms with Crippen LogP contribution < -0.4 is 10.2 Å². The van der Waals surface area contributed by atoms with E-state index >= 15 is 0 Å². The molecule has 0 aliphatic carbocycles. The van der Waals surface area contributed by atoms with Crippen molar-refractivity contribution in [1.82, 2.24) is 14.9 Å². The first-order valence-electron chi connectivity index (χ1n) is 10.7. The van der Waals surface area contributed by atoms with Gasteiger partial charge in [-0.05, 0) is 32.0 Å². The lowest BCUT2D eigenvalue weighted by atomic mass is 10.1. The number of non-ortho nitro benzene ring substituents is 1. The molecule has 10 heteroatoms. The number of amides is 1. The second kappa shape index (κ2) is 9.50. The van der Waals surface area contributed by atoms with Crippen LogP contribution in [-0.2, 0) is 0 Å². The molecule has 3 aromatic rings. The summed E-state index contributed by atoms with van der Waals surface area (Å²) >= 11 is 6.34. The number of halogens is 1. The number of rotatable bonds is 6. The number of benzene rings is 1. The van der Waals surface area contributed by atoms with Gasteiger partial charge in [0.25, 0.3) is 11.6 Å². The fourth-order valence-electron chi connectivity index (χ4n) is 3.89. The maximum absolute atomic E-state index is 13.2. The van der Waals surface area contributed by atoms with E-state index < -0.39 is 4.92 Å². The van der Waals surface area contributed by atoms with Crippen molar-refractivity contribution in [3.05, 3.63) is 69.5 Å². The van der Waals surface area contributed by atoms with Gasteiger partial charge in [0, 0.05) is 61.8 Å². The first-order valence-corrected chi connectivity index (χ1v) is 11.1. The summed E-state index contributed by atoms with van der Waals surface area (Å²) in [6, 6.07) is 12.1. The van der Waals surface area contributed by atoms with Gasteiger partial charge >= 0.3 is 0 Å². The van der Waals surface area contributed by atoms with Crippen LogP contribution in [0.1, 0.15) is 24.2 Å². The lowest BCUT2D eigenvalue weighted by Crippen LogP contribution is -2.49. The summed E-state index contributed by atoms with van der Waals surface area (Å²) in [4.78, 5) is 35.2. The molecular formula is C23H25ClN6O3. The third-order valence-corrected chi connectivity index (χ3v) is 5.76. The smallest absolute Gasteiger partial charge is 0.270 e. The second-order valence-corrected chi connectivity index (χ2v) is 8.55. The molecule has 1 saturated heterocycles. The van der Waals surface area contributed by atoms with Crippen LogP contribution >= 0.6 is 11.6 Å². The van der Waals surface area contributed by atoms with Crippen molar-refractivity contribution in [2.75, 3.05) is 36.4 Å². The molecule has 9 nitrogen and oxygen atoms in total. The standard InChI is InChI=1S/C23H25ClN6O3/c1-15(2)26-19-7-4-8-25-22(19)28-9-11-29(12-10-28)23(31)18-14-20(27-21(18)24)16-5-3-6-17(13-16)30(32)33/h3-8,13-15,26-27H,9-12H2,1-2H3. The third-order valence-electron chi connectivity index (χ3n) is 5.47. The molecule has 3 heterocycles. The molecule has 33 heavy (non-hydrogen) atoms. The molecule has 1 aliphatic heterocycles. The molecule has 0 spiro atoms. The average Bonchev–Trinajstić information content (AvgIpc) is 3.20. The number of aromatic amines is 1. The van der Waals surface area contributed by atoms with Crippen molar-refractivity contribution in [2.45, 2.75) is 19.9 Å². The topological polar surface area (TPSA) is 107 Å². The number of nitrogens with one attached hydrogen (secondary N) is 2. The summed E-state index contributed by atoms with van der Waals surface area (Å²) in [5, 5.41) is 14.7. The van der Waals surface area contributed by atoms with E-state index in [2.05, 4.69) is 34.0 Å². The molecule has 0 radical (unpaired) electrons. The highest BCUT2D eigenvalue weighted by molar-refractivity contribution is 6.33. The normalized spacial score (nSPS) is 13.9. The van der Waals surface area contributed by atoms with Crippen LogP contribution in [0, 0.1) is 10.1 Å². The Kier molecular flexibility index (Phi) is 6.50. The van der Waals surface area contributed by atoms with Crippen molar-refractivity contribution in [3.8, 4) is 11.3 Å². The van der Waals surface area contributed by atoms with Crippen LogP contribution in [0.4, 0.5) is 17.2 Å². The van der Waals surface area contributed by atoms with Gasteiger partial charge in [-0.15, -0.1) is 0 Å². The van der Waals surface area contributed by atoms with Gasteiger partial charge in [0.2, 0.25) is 0 Å². The number of hydrogen-bond donors (Lipinski definition) is 2. The number of carbonyl (C=O) groups is 1. The zero-order valence-corrected chi connectivity index (χ0v) is 19.2. The number of carbonyl (C=O) groups excluding carboxylic acids is 1. The fraction of sp³-hybridized carbons (Fsp3) is 0.304. The van der Waals surface area contributed by atoms with Gasteiger partial charge in [0.05, 0.1) is 16.2 Å². The van der Waals surface area contributed by atoms with Gasteiger partial charge < -0.3 is 20.1 Å². The van der Waals surface area contributed by atoms with Crippen LogP contribution in [0.5, 0.6) is 0 Å². The van der Waals surface area contributed by atoms with Crippen molar-refractivity contribution in [3.63, 3.8) is 0 Å². The second-order valence-electron chi connectivity index (χ2n) is 8.17. The molecule has 1 fully saturated rings. The van der Waals surface area contributed by atoms with Gasteiger partial charge in [-0.2, -0.15) is 0 Å². The molecular weight excluding hydrogens is 444 g/mol. The minimum absolute atomic E-state index is 0.0249. The number of pyridine rings is 1. The highest BCUT2D eigenvalue weighted by Crippen LogP contribution is 2.29. The number of piperazine rings is 1. The zero-order chi connectivity index (χ0) is 23.5. The number of nitro benzene ring substituents is 1. The van der Waals surface area contributed by atoms with Crippen molar-refractivity contribution >= 4 is 34.7 Å². The molecule has 2 N–H and O–H groups in total. The molecule has 1 amide bonds. The Morgan fingerprint density at radius 3 is 2.64 bits per heavy atom. The quantitative estimate of drug-likeness (QED) is 0.409. The molecule has 4 rings (SSSR count). The lowest BCUT2D eigenvalue weighted by Gasteiger charge is -2.36. The van der Waals surface area contributed by atoms with Crippen molar-refractivity contribution in [2.24, 2.45) is 0 Å². The van der Waals surface area contributed by atoms with Gasteiger partial charge in [0.1, 0.15) is 5.15 Å². The van der Waals surface area contributed by atoms with Gasteiger partial charge in [-0.3, -0.25) is 14.9 Å². The van der Waals surface area contributed by atoms with E-state index in [1.807, 2.05) is 12.1 Å². The van der Waals surface area contributed by atoms with E-state index in [0.717, 1.165) is 11.5 Å². The summed E-state index contributed by atoms with van der Waals surface area (Å²) < 4.78 is 0. The number of hydrogen-bond acceptors (Lipinski definition) is 6. The Balaban J connectivity index is 1.47. The predicted molar refractivity (Wildman–Crippen MR) is 129 cm³/mol. The van der Waals surface area contributed by atoms with Gasteiger partial charge in [-0.25, -0.2) is 4.98 Å². The number of anilines is 2. The van der Waals surface area contributed by atoms with Crippen LogP contribution in [0.3, 0.4) is 0 Å². The van der Waals surface area contributed by atoms with E-state index in [1.165, 1.54) is 12.1 Å². The monoisotopic (exact) mass is 468 g/mol. The molecule has 2 aromatic heterocycles. The largest absolute Gasteiger partial charge is 0.380 e. The van der Waals surface area contributed by atoms with Gasteiger partial charge in [-0.1, -0.05) is 23.7 Å². The SMILES string of the molecule is CC(C)Nc1cccnc1N1CCN(C(=O)c2cc(-c3cccc([N+](=O)[O-])c3)[nH]c2Cl)CC1. The number of H-pyrrole nitrogens is 1. The summed E-state index contributed by atoms with van der Waals surface area (Å²) in [5.74, 6) is 0.708. The van der Waals surface area contributed by atoms with E-state index in [4.69, 9.17) is 11.6 Å². The van der Waals surface area contributed by atoms with E-state index in [1.54, 1.807) is 29.3 Å². The molecule has 0 bridgehead atoms. The number of nitro groups is 1. The fourth-order valence-corrected chi connectivity index (χ4v) is 4.13. The van der Waals surface area contributed by atoms with Crippen LogP contribution in [0.25, 0.3) is 11.3 Å². The van der Waals surface area contributed by atoms with Crippen LogP contribution in [0.15, 0.2) is 48.7 Å². The Hall–Kier alpha value is -3.59. The number of aromatic nitrogens is 2. The molecule has 172 valence electrons. The summed E-state index contributed by atoms with van der Waals surface area (Å²) in [5.41, 5.74) is 2.45. The highest BCUT2D eigenvalue weighted by Gasteiger charge is 2.27. The summed E-state index contributed by atoms with van der Waals surface area (Å²) in [6.07, 6.45) is 1.77. The Labute approximate surface area is 196 Å². The first kappa shape index (κ1) is 22.6. The van der Waals surface area contributed by atoms with Crippen molar-refractivity contribution < 1.29 is 9.72 Å². The van der Waals surface area contributed by atoms with Gasteiger partial charge in [0.15, 0.2) is 5.82 Å². The maximum atomic E-state index is 13.2. The van der Waals surface area contributed by atoms with Crippen molar-refractivity contribution in [1.29, 1.82) is 0 Å². The number of nitrogens with zero attached hydrogens (tertiary/aromatic N) is 4. The molecule has 0 unspecified atom stereocenters. The maximum Gasteiger partial charge on any atom is 0.270 e.